The average molecular weight is 394 g/mol. The zero-order valence-electron chi connectivity index (χ0n) is 14.3. The van der Waals surface area contributed by atoms with Gasteiger partial charge in [0.15, 0.2) is 6.10 Å². The molecule has 1 N–H and O–H groups in total. The van der Waals surface area contributed by atoms with Crippen LogP contribution in [0.25, 0.3) is 0 Å². The first-order valence-corrected chi connectivity index (χ1v) is 9.19. The third-order valence-corrected chi connectivity index (χ3v) is 5.74. The highest BCUT2D eigenvalue weighted by Crippen LogP contribution is 2.38. The predicted octanol–water partition coefficient (Wildman–Crippen LogP) is 2.44. The van der Waals surface area contributed by atoms with Crippen LogP contribution in [0, 0.1) is 5.82 Å². The van der Waals surface area contributed by atoms with E-state index >= 15 is 0 Å². The number of ether oxygens (including phenoxy) is 1. The summed E-state index contributed by atoms with van der Waals surface area (Å²) in [7, 11) is -2.87. The number of fused-ring (bicyclic) bond motifs is 1. The summed E-state index contributed by atoms with van der Waals surface area (Å²) in [5.74, 6) is -1.65. The van der Waals surface area contributed by atoms with Gasteiger partial charge in [-0.15, -0.1) is 0 Å². The monoisotopic (exact) mass is 394 g/mol. The van der Waals surface area contributed by atoms with Crippen LogP contribution < -0.4 is 13.9 Å². The standard InChI is InChI=1S/C17H15FN2O6S/c1-10(16(21)22)26-13-7-8-15-14(9-13)19(2)17(23)20(27(15,24)25)12-5-3-11(18)4-6-12/h3-10H,1-2H3,(H,21,22). The summed E-state index contributed by atoms with van der Waals surface area (Å²) in [6.45, 7) is 1.32. The Balaban J connectivity index is 2.08. The van der Waals surface area contributed by atoms with E-state index in [1.807, 2.05) is 0 Å². The number of nitrogens with zero attached hydrogens (tertiary/aromatic N) is 2. The minimum absolute atomic E-state index is 0.00118. The van der Waals surface area contributed by atoms with E-state index in [2.05, 4.69) is 0 Å². The molecule has 27 heavy (non-hydrogen) atoms. The van der Waals surface area contributed by atoms with Crippen molar-refractivity contribution >= 4 is 33.4 Å². The van der Waals surface area contributed by atoms with E-state index in [0.717, 1.165) is 17.0 Å². The number of benzene rings is 2. The van der Waals surface area contributed by atoms with Crippen molar-refractivity contribution in [1.29, 1.82) is 0 Å². The number of carbonyl (C=O) groups excluding carboxylic acids is 1. The molecule has 2 aromatic carbocycles. The molecule has 0 fully saturated rings. The van der Waals surface area contributed by atoms with Crippen LogP contribution in [0.2, 0.25) is 0 Å². The predicted molar refractivity (Wildman–Crippen MR) is 94.0 cm³/mol. The molecule has 0 saturated carbocycles. The molecule has 1 aliphatic rings. The van der Waals surface area contributed by atoms with Gasteiger partial charge in [0.25, 0.3) is 10.0 Å². The Morgan fingerprint density at radius 2 is 1.81 bits per heavy atom. The summed E-state index contributed by atoms with van der Waals surface area (Å²) < 4.78 is 44.8. The highest BCUT2D eigenvalue weighted by atomic mass is 32.2. The summed E-state index contributed by atoms with van der Waals surface area (Å²) in [5, 5.41) is 8.92. The smallest absolute Gasteiger partial charge is 0.344 e. The summed E-state index contributed by atoms with van der Waals surface area (Å²) in [6.07, 6.45) is -1.15. The van der Waals surface area contributed by atoms with E-state index in [-0.39, 0.29) is 22.0 Å². The highest BCUT2D eigenvalue weighted by Gasteiger charge is 2.41. The quantitative estimate of drug-likeness (QED) is 0.854. The number of carboxylic acids is 1. The number of urea groups is 1. The zero-order chi connectivity index (χ0) is 19.9. The van der Waals surface area contributed by atoms with E-state index in [9.17, 15) is 22.4 Å². The topological polar surface area (TPSA) is 104 Å². The zero-order valence-corrected chi connectivity index (χ0v) is 15.1. The number of halogens is 1. The molecule has 8 nitrogen and oxygen atoms in total. The van der Waals surface area contributed by atoms with Crippen molar-refractivity contribution in [1.82, 2.24) is 0 Å². The maximum absolute atomic E-state index is 13.1. The van der Waals surface area contributed by atoms with Gasteiger partial charge in [-0.2, -0.15) is 4.31 Å². The lowest BCUT2D eigenvalue weighted by Crippen LogP contribution is -2.49. The molecular weight excluding hydrogens is 379 g/mol. The minimum Gasteiger partial charge on any atom is -0.479 e. The van der Waals surface area contributed by atoms with Crippen molar-refractivity contribution in [3.8, 4) is 5.75 Å². The van der Waals surface area contributed by atoms with Crippen molar-refractivity contribution in [2.24, 2.45) is 0 Å². The SMILES string of the molecule is CC(Oc1ccc2c(c1)N(C)C(=O)N(c1ccc(F)cc1)S2(=O)=O)C(=O)O. The molecule has 1 heterocycles. The number of rotatable bonds is 4. The molecule has 0 spiro atoms. The van der Waals surface area contributed by atoms with Crippen LogP contribution >= 0.6 is 0 Å². The van der Waals surface area contributed by atoms with E-state index < -0.39 is 33.9 Å². The number of sulfonamides is 1. The lowest BCUT2D eigenvalue weighted by molar-refractivity contribution is -0.144. The van der Waals surface area contributed by atoms with Crippen LogP contribution in [-0.2, 0) is 14.8 Å². The molecule has 0 saturated heterocycles. The van der Waals surface area contributed by atoms with Crippen LogP contribution in [0.5, 0.6) is 5.75 Å². The van der Waals surface area contributed by atoms with Crippen molar-refractivity contribution < 1.29 is 32.2 Å². The fraction of sp³-hybridized carbons (Fsp3) is 0.176. The Labute approximate surface area is 154 Å². The second-order valence-electron chi connectivity index (χ2n) is 5.82. The van der Waals surface area contributed by atoms with Gasteiger partial charge in [0.05, 0.1) is 11.4 Å². The number of carboxylic acid groups (broad SMARTS) is 1. The number of aliphatic carboxylic acids is 1. The number of anilines is 2. The lowest BCUT2D eigenvalue weighted by Gasteiger charge is -2.34. The van der Waals surface area contributed by atoms with E-state index in [0.29, 0.717) is 4.31 Å². The molecule has 1 atom stereocenters. The van der Waals surface area contributed by atoms with Crippen LogP contribution in [0.3, 0.4) is 0 Å². The molecule has 0 bridgehead atoms. The van der Waals surface area contributed by atoms with Gasteiger partial charge in [-0.1, -0.05) is 0 Å². The van der Waals surface area contributed by atoms with Crippen molar-refractivity contribution in [3.05, 3.63) is 48.3 Å². The third kappa shape index (κ3) is 3.19. The molecule has 3 rings (SSSR count). The van der Waals surface area contributed by atoms with Gasteiger partial charge >= 0.3 is 12.0 Å². The van der Waals surface area contributed by atoms with Gasteiger partial charge in [0, 0.05) is 13.1 Å². The van der Waals surface area contributed by atoms with Gasteiger partial charge in [-0.3, -0.25) is 4.90 Å². The molecule has 0 aromatic heterocycles. The molecule has 2 amide bonds. The van der Waals surface area contributed by atoms with Crippen LogP contribution in [0.1, 0.15) is 6.92 Å². The van der Waals surface area contributed by atoms with Crippen LogP contribution in [0.15, 0.2) is 47.4 Å². The van der Waals surface area contributed by atoms with Crippen LogP contribution in [0.4, 0.5) is 20.6 Å². The normalized spacial score (nSPS) is 16.6. The summed E-state index contributed by atoms with van der Waals surface area (Å²) >= 11 is 0. The Morgan fingerprint density at radius 1 is 1.19 bits per heavy atom. The number of hydrogen-bond donors (Lipinski definition) is 1. The Morgan fingerprint density at radius 3 is 2.41 bits per heavy atom. The Bertz CT molecular complexity index is 1020. The highest BCUT2D eigenvalue weighted by molar-refractivity contribution is 7.94. The van der Waals surface area contributed by atoms with Gasteiger partial charge in [-0.05, 0) is 43.3 Å². The fourth-order valence-electron chi connectivity index (χ4n) is 2.57. The maximum atomic E-state index is 13.1. The first-order chi connectivity index (χ1) is 12.6. The van der Waals surface area contributed by atoms with Gasteiger partial charge in [-0.25, -0.2) is 22.4 Å². The molecule has 10 heteroatoms. The van der Waals surface area contributed by atoms with Crippen molar-refractivity contribution in [3.63, 3.8) is 0 Å². The second kappa shape index (κ2) is 6.54. The number of amides is 2. The largest absolute Gasteiger partial charge is 0.479 e. The minimum atomic E-state index is -4.24. The molecule has 142 valence electrons. The van der Waals surface area contributed by atoms with E-state index in [4.69, 9.17) is 9.84 Å². The van der Waals surface area contributed by atoms with E-state index in [1.54, 1.807) is 0 Å². The first-order valence-electron chi connectivity index (χ1n) is 7.75. The third-order valence-electron chi connectivity index (χ3n) is 3.99. The summed E-state index contributed by atoms with van der Waals surface area (Å²) in [5.41, 5.74) is 0.0483. The molecule has 1 unspecified atom stereocenters. The first kappa shape index (κ1) is 18.6. The van der Waals surface area contributed by atoms with Crippen LogP contribution in [-0.4, -0.2) is 38.7 Å². The van der Waals surface area contributed by atoms with Crippen molar-refractivity contribution in [2.75, 3.05) is 16.3 Å². The summed E-state index contributed by atoms with van der Waals surface area (Å²) in [4.78, 5) is 24.5. The van der Waals surface area contributed by atoms with Crippen molar-refractivity contribution in [2.45, 2.75) is 17.9 Å². The molecular formula is C17H15FN2O6S. The summed E-state index contributed by atoms with van der Waals surface area (Å²) in [6, 6.07) is 7.45. The second-order valence-corrected chi connectivity index (χ2v) is 7.57. The number of hydrogen-bond acceptors (Lipinski definition) is 5. The molecule has 0 radical (unpaired) electrons. The molecule has 1 aliphatic heterocycles. The fourth-order valence-corrected chi connectivity index (χ4v) is 4.20. The molecule has 2 aromatic rings. The Kier molecular flexibility index (Phi) is 4.52. The van der Waals surface area contributed by atoms with Gasteiger partial charge in [0.1, 0.15) is 16.5 Å². The average Bonchev–Trinajstić information content (AvgIpc) is 2.61. The van der Waals surface area contributed by atoms with Gasteiger partial charge in [0.2, 0.25) is 0 Å². The van der Waals surface area contributed by atoms with E-state index in [1.165, 1.54) is 44.3 Å². The van der Waals surface area contributed by atoms with Gasteiger partial charge < -0.3 is 9.84 Å². The maximum Gasteiger partial charge on any atom is 0.344 e. The lowest BCUT2D eigenvalue weighted by atomic mass is 10.2. The molecule has 0 aliphatic carbocycles. The Hall–Kier alpha value is -3.14. The number of carbonyl (C=O) groups is 2.